The fourth-order valence-corrected chi connectivity index (χ4v) is 3.60. The number of nitrogens with zero attached hydrogens (tertiary/aromatic N) is 3. The van der Waals surface area contributed by atoms with Crippen LogP contribution in [-0.4, -0.2) is 60.3 Å². The van der Waals surface area contributed by atoms with E-state index in [0.29, 0.717) is 18.1 Å². The highest BCUT2D eigenvalue weighted by molar-refractivity contribution is 7.15. The lowest BCUT2D eigenvalue weighted by molar-refractivity contribution is -0.134. The number of thiazole rings is 1. The lowest BCUT2D eigenvalue weighted by atomic mass is 10.1. The number of carbonyl (C=O) groups excluding carboxylic acids is 2. The quantitative estimate of drug-likeness (QED) is 0.515. The third kappa shape index (κ3) is 9.86. The number of amides is 2. The van der Waals surface area contributed by atoms with E-state index >= 15 is 0 Å². The first kappa shape index (κ1) is 23.6. The van der Waals surface area contributed by atoms with Crippen molar-refractivity contribution in [2.45, 2.75) is 65.7 Å². The van der Waals surface area contributed by atoms with E-state index in [1.165, 1.54) is 30.6 Å². The largest absolute Gasteiger partial charge is 0.333 e. The van der Waals surface area contributed by atoms with Gasteiger partial charge in [-0.1, -0.05) is 32.6 Å². The summed E-state index contributed by atoms with van der Waals surface area (Å²) in [6.45, 7) is 7.69. The fourth-order valence-electron chi connectivity index (χ4n) is 2.77. The number of nitrogens with one attached hydrogen (secondary N) is 1. The Morgan fingerprint density at radius 2 is 1.74 bits per heavy atom. The maximum Gasteiger partial charge on any atom is 0.245 e. The van der Waals surface area contributed by atoms with Crippen molar-refractivity contribution in [2.75, 3.05) is 39.0 Å². The Labute approximate surface area is 168 Å². The Morgan fingerprint density at radius 3 is 2.33 bits per heavy atom. The Morgan fingerprint density at radius 1 is 1.04 bits per heavy atom. The lowest BCUT2D eigenvalue weighted by Crippen LogP contribution is -2.39. The van der Waals surface area contributed by atoms with E-state index in [1.54, 1.807) is 4.90 Å². The van der Waals surface area contributed by atoms with Gasteiger partial charge in [0.2, 0.25) is 11.8 Å². The second kappa shape index (κ2) is 12.8. The molecule has 0 saturated carbocycles. The molecule has 0 fully saturated rings. The molecule has 0 aliphatic carbocycles. The standard InChI is InChI=1S/C20H36N4O2S/c1-6-7-8-9-10-12-19(26)24(14-11-13-23(4)5)15-18(25)22-20-21-16(2)17(3)27-20/h6-15H2,1-5H3,(H,21,22,25). The number of aryl methyl sites for hydroxylation is 2. The van der Waals surface area contributed by atoms with E-state index in [0.717, 1.165) is 36.4 Å². The van der Waals surface area contributed by atoms with Crippen LogP contribution in [-0.2, 0) is 9.59 Å². The summed E-state index contributed by atoms with van der Waals surface area (Å²) in [5.41, 5.74) is 0.932. The van der Waals surface area contributed by atoms with E-state index in [-0.39, 0.29) is 18.4 Å². The number of rotatable bonds is 13. The van der Waals surface area contributed by atoms with Crippen LogP contribution in [0.25, 0.3) is 0 Å². The molecular formula is C20H36N4O2S. The van der Waals surface area contributed by atoms with E-state index in [9.17, 15) is 9.59 Å². The van der Waals surface area contributed by atoms with E-state index in [4.69, 9.17) is 0 Å². The second-order valence-electron chi connectivity index (χ2n) is 7.35. The van der Waals surface area contributed by atoms with Crippen molar-refractivity contribution >= 4 is 28.3 Å². The van der Waals surface area contributed by atoms with Gasteiger partial charge in [0, 0.05) is 17.8 Å². The summed E-state index contributed by atoms with van der Waals surface area (Å²) in [5.74, 6) is -0.0974. The predicted molar refractivity (Wildman–Crippen MR) is 113 cm³/mol. The Balaban J connectivity index is 2.55. The van der Waals surface area contributed by atoms with Gasteiger partial charge in [0.25, 0.3) is 0 Å². The van der Waals surface area contributed by atoms with Crippen molar-refractivity contribution in [3.63, 3.8) is 0 Å². The van der Waals surface area contributed by atoms with Crippen LogP contribution >= 0.6 is 11.3 Å². The molecule has 1 N–H and O–H groups in total. The van der Waals surface area contributed by atoms with Gasteiger partial charge in [-0.3, -0.25) is 9.59 Å². The molecule has 2 amide bonds. The first-order chi connectivity index (χ1) is 12.8. The molecule has 0 spiro atoms. The average Bonchev–Trinajstić information content (AvgIpc) is 2.90. The molecule has 154 valence electrons. The van der Waals surface area contributed by atoms with Crippen LogP contribution in [0.1, 0.15) is 62.4 Å². The zero-order valence-corrected chi connectivity index (χ0v) is 18.5. The summed E-state index contributed by atoms with van der Waals surface area (Å²) in [4.78, 5) is 34.3. The van der Waals surface area contributed by atoms with Gasteiger partial charge in [0.05, 0.1) is 12.2 Å². The Kier molecular flexibility index (Phi) is 11.2. The van der Waals surface area contributed by atoms with Crippen LogP contribution in [0.2, 0.25) is 0 Å². The first-order valence-corrected chi connectivity index (χ1v) is 10.8. The van der Waals surface area contributed by atoms with Crippen LogP contribution in [0.4, 0.5) is 5.13 Å². The molecule has 0 unspecified atom stereocenters. The van der Waals surface area contributed by atoms with Gasteiger partial charge >= 0.3 is 0 Å². The monoisotopic (exact) mass is 396 g/mol. The molecule has 7 heteroatoms. The van der Waals surface area contributed by atoms with Gasteiger partial charge in [-0.25, -0.2) is 4.98 Å². The number of aromatic nitrogens is 1. The van der Waals surface area contributed by atoms with Crippen molar-refractivity contribution in [1.29, 1.82) is 0 Å². The highest BCUT2D eigenvalue weighted by atomic mass is 32.1. The number of carbonyl (C=O) groups is 2. The molecule has 0 saturated heterocycles. The number of hydrogen-bond donors (Lipinski definition) is 1. The fraction of sp³-hybridized carbons (Fsp3) is 0.750. The van der Waals surface area contributed by atoms with Crippen molar-refractivity contribution in [2.24, 2.45) is 0 Å². The van der Waals surface area contributed by atoms with Crippen LogP contribution in [0.3, 0.4) is 0 Å². The zero-order chi connectivity index (χ0) is 20.2. The minimum Gasteiger partial charge on any atom is -0.333 e. The second-order valence-corrected chi connectivity index (χ2v) is 8.55. The van der Waals surface area contributed by atoms with Crippen molar-refractivity contribution < 1.29 is 9.59 Å². The van der Waals surface area contributed by atoms with Crippen LogP contribution in [0.5, 0.6) is 0 Å². The number of anilines is 1. The highest BCUT2D eigenvalue weighted by Crippen LogP contribution is 2.21. The SMILES string of the molecule is CCCCCCCC(=O)N(CCCN(C)C)CC(=O)Nc1nc(C)c(C)s1. The molecule has 0 aliphatic heterocycles. The van der Waals surface area contributed by atoms with Crippen LogP contribution in [0.15, 0.2) is 0 Å². The molecule has 6 nitrogen and oxygen atoms in total. The first-order valence-electron chi connectivity index (χ1n) is 9.99. The molecule has 0 atom stereocenters. The molecule has 0 aliphatic rings. The minimum atomic E-state index is -0.173. The zero-order valence-electron chi connectivity index (χ0n) is 17.6. The smallest absolute Gasteiger partial charge is 0.245 e. The highest BCUT2D eigenvalue weighted by Gasteiger charge is 2.18. The van der Waals surface area contributed by atoms with Gasteiger partial charge in [0.1, 0.15) is 0 Å². The van der Waals surface area contributed by atoms with E-state index in [2.05, 4.69) is 22.1 Å². The van der Waals surface area contributed by atoms with Crippen molar-refractivity contribution in [1.82, 2.24) is 14.8 Å². The van der Waals surface area contributed by atoms with E-state index < -0.39 is 0 Å². The number of hydrogen-bond acceptors (Lipinski definition) is 5. The third-order valence-electron chi connectivity index (χ3n) is 4.49. The van der Waals surface area contributed by atoms with Crippen molar-refractivity contribution in [3.05, 3.63) is 10.6 Å². The van der Waals surface area contributed by atoms with Gasteiger partial charge < -0.3 is 15.1 Å². The van der Waals surface area contributed by atoms with Gasteiger partial charge in [-0.15, -0.1) is 11.3 Å². The summed E-state index contributed by atoms with van der Waals surface area (Å²) in [6.07, 6.45) is 6.94. The van der Waals surface area contributed by atoms with E-state index in [1.807, 2.05) is 27.9 Å². The summed E-state index contributed by atoms with van der Waals surface area (Å²) in [5, 5.41) is 3.44. The average molecular weight is 397 g/mol. The molecule has 27 heavy (non-hydrogen) atoms. The maximum atomic E-state index is 12.6. The van der Waals surface area contributed by atoms with Gasteiger partial charge in [0.15, 0.2) is 5.13 Å². The minimum absolute atomic E-state index is 0.0758. The van der Waals surface area contributed by atoms with Crippen molar-refractivity contribution in [3.8, 4) is 0 Å². The molecule has 0 aromatic carbocycles. The lowest BCUT2D eigenvalue weighted by Gasteiger charge is -2.23. The summed E-state index contributed by atoms with van der Waals surface area (Å²) in [6, 6.07) is 0. The third-order valence-corrected chi connectivity index (χ3v) is 5.48. The maximum absolute atomic E-state index is 12.6. The number of unbranched alkanes of at least 4 members (excludes halogenated alkanes) is 4. The normalized spacial score (nSPS) is 11.0. The molecular weight excluding hydrogens is 360 g/mol. The molecule has 1 heterocycles. The molecule has 1 rings (SSSR count). The Bertz CT molecular complexity index is 567. The van der Waals surface area contributed by atoms with Crippen LogP contribution < -0.4 is 5.32 Å². The molecule has 0 bridgehead atoms. The summed E-state index contributed by atoms with van der Waals surface area (Å²) < 4.78 is 0. The molecule has 0 radical (unpaired) electrons. The molecule has 1 aromatic heterocycles. The Hall–Kier alpha value is -1.47. The van der Waals surface area contributed by atoms with Crippen LogP contribution in [0, 0.1) is 13.8 Å². The molecule has 1 aromatic rings. The topological polar surface area (TPSA) is 65.5 Å². The van der Waals surface area contributed by atoms with Gasteiger partial charge in [-0.2, -0.15) is 0 Å². The van der Waals surface area contributed by atoms with Gasteiger partial charge in [-0.05, 0) is 47.3 Å². The summed E-state index contributed by atoms with van der Waals surface area (Å²) in [7, 11) is 4.03. The summed E-state index contributed by atoms with van der Waals surface area (Å²) >= 11 is 1.47. The predicted octanol–water partition coefficient (Wildman–Crippen LogP) is 3.84.